The van der Waals surface area contributed by atoms with Gasteiger partial charge in [0.1, 0.15) is 5.92 Å². The Morgan fingerprint density at radius 3 is 2.63 bits per heavy atom. The fourth-order valence-corrected chi connectivity index (χ4v) is 1.43. The zero-order valence-electron chi connectivity index (χ0n) is 10.2. The number of nitrogens with two attached hydrogens (primary N) is 1. The van der Waals surface area contributed by atoms with Gasteiger partial charge in [0, 0.05) is 0 Å². The normalized spacial score (nSPS) is 12.1. The Balaban J connectivity index is 3.15. The van der Waals surface area contributed by atoms with Crippen LogP contribution < -0.4 is 11.2 Å². The quantitative estimate of drug-likeness (QED) is 0.362. The molecule has 0 fully saturated rings. The van der Waals surface area contributed by atoms with Gasteiger partial charge in [-0.1, -0.05) is 30.3 Å². The van der Waals surface area contributed by atoms with Crippen LogP contribution in [0.3, 0.4) is 0 Å². The second kappa shape index (κ2) is 7.08. The lowest BCUT2D eigenvalue weighted by atomic mass is 9.95. The molecule has 1 atom stereocenters. The van der Waals surface area contributed by atoms with Crippen molar-refractivity contribution in [3.05, 3.63) is 35.9 Å². The summed E-state index contributed by atoms with van der Waals surface area (Å²) in [5, 5.41) is 12.9. The third kappa shape index (κ3) is 4.04. The summed E-state index contributed by atoms with van der Waals surface area (Å²) in [6.07, 6.45) is 0. The number of hydrogen-bond donors (Lipinski definition) is 2. The molecule has 0 unspecified atom stereocenters. The molecule has 6 nitrogen and oxygen atoms in total. The summed E-state index contributed by atoms with van der Waals surface area (Å²) in [4.78, 5) is 11.7. The molecule has 0 aromatic heterocycles. The molecule has 0 radical (unpaired) electrons. The lowest BCUT2D eigenvalue weighted by Gasteiger charge is -2.11. The fourth-order valence-electron chi connectivity index (χ4n) is 1.39. The van der Waals surface area contributed by atoms with Crippen molar-refractivity contribution in [1.82, 2.24) is 5.43 Å². The number of thiocarbonyl (C=S) groups is 1. The highest BCUT2D eigenvalue weighted by molar-refractivity contribution is 7.80. The molecule has 19 heavy (non-hydrogen) atoms. The Labute approximate surface area is 115 Å². The van der Waals surface area contributed by atoms with E-state index in [1.807, 2.05) is 6.07 Å². The van der Waals surface area contributed by atoms with Gasteiger partial charge in [-0.25, -0.2) is 4.79 Å². The van der Waals surface area contributed by atoms with Gasteiger partial charge in [-0.15, -0.1) is 0 Å². The SMILES string of the molecule is COC(=O)/C(=N\NC(N)=S)[C@@H](C#N)c1ccccc1. The second-order valence-electron chi connectivity index (χ2n) is 3.44. The van der Waals surface area contributed by atoms with Crippen LogP contribution in [0.2, 0.25) is 0 Å². The van der Waals surface area contributed by atoms with Gasteiger partial charge in [0.15, 0.2) is 10.8 Å². The van der Waals surface area contributed by atoms with Crippen molar-refractivity contribution >= 4 is 29.0 Å². The first kappa shape index (κ1) is 14.6. The van der Waals surface area contributed by atoms with Crippen LogP contribution in [-0.4, -0.2) is 23.9 Å². The number of carbonyl (C=O) groups excluding carboxylic acids is 1. The Morgan fingerprint density at radius 2 is 2.16 bits per heavy atom. The summed E-state index contributed by atoms with van der Waals surface area (Å²) in [7, 11) is 1.21. The highest BCUT2D eigenvalue weighted by Gasteiger charge is 2.25. The largest absolute Gasteiger partial charge is 0.464 e. The molecule has 1 rings (SSSR count). The van der Waals surface area contributed by atoms with Crippen molar-refractivity contribution in [2.75, 3.05) is 7.11 Å². The minimum absolute atomic E-state index is 0.105. The zero-order chi connectivity index (χ0) is 14.3. The number of hydrogen-bond acceptors (Lipinski definition) is 5. The Morgan fingerprint density at radius 1 is 1.53 bits per heavy atom. The molecule has 7 heteroatoms. The third-order valence-corrected chi connectivity index (χ3v) is 2.31. The van der Waals surface area contributed by atoms with E-state index in [0.29, 0.717) is 5.56 Å². The highest BCUT2D eigenvalue weighted by Crippen LogP contribution is 2.17. The summed E-state index contributed by atoms with van der Waals surface area (Å²) in [5.74, 6) is -1.59. The average molecular weight is 276 g/mol. The lowest BCUT2D eigenvalue weighted by Crippen LogP contribution is -2.30. The number of nitrogens with one attached hydrogen (secondary N) is 1. The molecule has 0 bridgehead atoms. The first-order valence-corrected chi connectivity index (χ1v) is 5.67. The molecule has 1 aromatic carbocycles. The maximum Gasteiger partial charge on any atom is 0.355 e. The smallest absolute Gasteiger partial charge is 0.355 e. The number of hydrazone groups is 1. The van der Waals surface area contributed by atoms with Gasteiger partial charge in [-0.2, -0.15) is 10.4 Å². The topological polar surface area (TPSA) is 100 Å². The summed E-state index contributed by atoms with van der Waals surface area (Å²) < 4.78 is 4.60. The van der Waals surface area contributed by atoms with E-state index in [2.05, 4.69) is 27.5 Å². The van der Waals surface area contributed by atoms with E-state index in [1.165, 1.54) is 7.11 Å². The van der Waals surface area contributed by atoms with Crippen molar-refractivity contribution in [3.63, 3.8) is 0 Å². The van der Waals surface area contributed by atoms with Crippen LogP contribution in [0.25, 0.3) is 0 Å². The third-order valence-electron chi connectivity index (χ3n) is 2.22. The predicted octanol–water partition coefficient (Wildman–Crippen LogP) is 0.656. The fraction of sp³-hybridized carbons (Fsp3) is 0.167. The van der Waals surface area contributed by atoms with Crippen LogP contribution in [0.5, 0.6) is 0 Å². The standard InChI is InChI=1S/C12H12N4O2S/c1-18-11(17)10(15-16-12(14)19)9(7-13)8-5-3-2-4-6-8/h2-6,9H,1H3,(H3,14,16,19)/b15-10-/t9-/m0/s1. The van der Waals surface area contributed by atoms with Crippen molar-refractivity contribution in [1.29, 1.82) is 5.26 Å². The molecule has 0 aliphatic carbocycles. The number of esters is 1. The van der Waals surface area contributed by atoms with Crippen LogP contribution >= 0.6 is 12.2 Å². The number of rotatable bonds is 4. The summed E-state index contributed by atoms with van der Waals surface area (Å²) in [6, 6.07) is 10.8. The van der Waals surface area contributed by atoms with E-state index in [9.17, 15) is 10.1 Å². The summed E-state index contributed by atoms with van der Waals surface area (Å²) in [6.45, 7) is 0. The number of carbonyl (C=O) groups is 1. The van der Waals surface area contributed by atoms with E-state index in [-0.39, 0.29) is 10.8 Å². The number of methoxy groups -OCH3 is 1. The van der Waals surface area contributed by atoms with Crippen LogP contribution in [0.15, 0.2) is 35.4 Å². The van der Waals surface area contributed by atoms with Crippen molar-refractivity contribution in [2.45, 2.75) is 5.92 Å². The second-order valence-corrected chi connectivity index (χ2v) is 3.88. The molecule has 0 spiro atoms. The van der Waals surface area contributed by atoms with Gasteiger partial charge in [0.2, 0.25) is 0 Å². The number of nitriles is 1. The number of benzene rings is 1. The monoisotopic (exact) mass is 276 g/mol. The molecule has 0 amide bonds. The minimum Gasteiger partial charge on any atom is -0.464 e. The lowest BCUT2D eigenvalue weighted by molar-refractivity contribution is -0.132. The van der Waals surface area contributed by atoms with Gasteiger partial charge in [0.05, 0.1) is 13.2 Å². The molecule has 0 saturated heterocycles. The van der Waals surface area contributed by atoms with E-state index < -0.39 is 11.9 Å². The molecule has 1 aromatic rings. The van der Waals surface area contributed by atoms with Crippen LogP contribution in [0.4, 0.5) is 0 Å². The Kier molecular flexibility index (Phi) is 5.44. The number of ether oxygens (including phenoxy) is 1. The minimum atomic E-state index is -0.865. The summed E-state index contributed by atoms with van der Waals surface area (Å²) in [5.41, 5.74) is 8.05. The van der Waals surface area contributed by atoms with Crippen LogP contribution in [-0.2, 0) is 9.53 Å². The van der Waals surface area contributed by atoms with E-state index in [0.717, 1.165) is 0 Å². The van der Waals surface area contributed by atoms with Gasteiger partial charge >= 0.3 is 5.97 Å². The van der Waals surface area contributed by atoms with Crippen molar-refractivity contribution in [3.8, 4) is 6.07 Å². The van der Waals surface area contributed by atoms with Gasteiger partial charge in [-0.3, -0.25) is 5.43 Å². The number of nitrogens with zero attached hydrogens (tertiary/aromatic N) is 2. The van der Waals surface area contributed by atoms with Crippen LogP contribution in [0, 0.1) is 11.3 Å². The Hall–Kier alpha value is -2.46. The molecule has 0 aliphatic heterocycles. The highest BCUT2D eigenvalue weighted by atomic mass is 32.1. The predicted molar refractivity (Wildman–Crippen MR) is 74.2 cm³/mol. The molecule has 0 aliphatic rings. The summed E-state index contributed by atoms with van der Waals surface area (Å²) >= 11 is 4.60. The molecule has 0 saturated carbocycles. The van der Waals surface area contributed by atoms with Crippen molar-refractivity contribution < 1.29 is 9.53 Å². The van der Waals surface area contributed by atoms with Gasteiger partial charge < -0.3 is 10.5 Å². The first-order chi connectivity index (χ1) is 9.10. The molecule has 3 N–H and O–H groups in total. The van der Waals surface area contributed by atoms with Gasteiger partial charge in [0.25, 0.3) is 0 Å². The average Bonchev–Trinajstić information content (AvgIpc) is 2.43. The maximum atomic E-state index is 11.7. The molecular formula is C12H12N4O2S. The first-order valence-electron chi connectivity index (χ1n) is 5.26. The molecule has 0 heterocycles. The molecule has 98 valence electrons. The van der Waals surface area contributed by atoms with E-state index >= 15 is 0 Å². The van der Waals surface area contributed by atoms with Gasteiger partial charge in [-0.05, 0) is 17.8 Å². The maximum absolute atomic E-state index is 11.7. The van der Waals surface area contributed by atoms with Crippen molar-refractivity contribution in [2.24, 2.45) is 10.8 Å². The Bertz CT molecular complexity index is 536. The van der Waals surface area contributed by atoms with E-state index in [1.54, 1.807) is 30.3 Å². The zero-order valence-corrected chi connectivity index (χ0v) is 11.0. The molecular weight excluding hydrogens is 264 g/mol. The van der Waals surface area contributed by atoms with E-state index in [4.69, 9.17) is 5.73 Å². The van der Waals surface area contributed by atoms with Crippen LogP contribution in [0.1, 0.15) is 11.5 Å².